The minimum Gasteiger partial charge on any atom is -0.353 e. The van der Waals surface area contributed by atoms with Crippen molar-refractivity contribution in [3.63, 3.8) is 0 Å². The molecule has 2 aromatic carbocycles. The average molecular weight is 402 g/mol. The molecule has 0 bridgehead atoms. The number of aromatic nitrogens is 2. The van der Waals surface area contributed by atoms with E-state index >= 15 is 0 Å². The molecule has 0 saturated carbocycles. The normalized spacial score (nSPS) is 11.8. The Morgan fingerprint density at radius 2 is 1.61 bits per heavy atom. The second kappa shape index (κ2) is 7.99. The summed E-state index contributed by atoms with van der Waals surface area (Å²) in [6.45, 7) is 0.830. The monoisotopic (exact) mass is 402 g/mol. The number of nitrogens with one attached hydrogen (secondary N) is 1. The molecule has 1 aromatic heterocycles. The summed E-state index contributed by atoms with van der Waals surface area (Å²) in [4.78, 5) is 27.2. The summed E-state index contributed by atoms with van der Waals surface area (Å²) in [5.74, 6) is -0.357. The molecule has 3 aromatic rings. The zero-order valence-corrected chi connectivity index (χ0v) is 16.5. The van der Waals surface area contributed by atoms with E-state index in [0.717, 1.165) is 3.97 Å². The van der Waals surface area contributed by atoms with Crippen LogP contribution in [0.5, 0.6) is 0 Å². The van der Waals surface area contributed by atoms with Crippen LogP contribution in [0.2, 0.25) is 0 Å². The molecule has 0 radical (unpaired) electrons. The number of carbonyl (C=O) groups excluding carboxylic acids is 1. The van der Waals surface area contributed by atoms with Crippen molar-refractivity contribution in [1.82, 2.24) is 18.8 Å². The van der Waals surface area contributed by atoms with Crippen LogP contribution < -0.4 is 11.0 Å². The van der Waals surface area contributed by atoms with Gasteiger partial charge in [-0.3, -0.25) is 9.36 Å². The fourth-order valence-corrected chi connectivity index (χ4v) is 4.31. The molecule has 3 rings (SSSR count). The van der Waals surface area contributed by atoms with Crippen molar-refractivity contribution < 1.29 is 13.2 Å². The molecule has 0 atom stereocenters. The number of benzene rings is 2. The maximum atomic E-state index is 13.1. The summed E-state index contributed by atoms with van der Waals surface area (Å²) in [7, 11) is -0.319. The van der Waals surface area contributed by atoms with Crippen molar-refractivity contribution in [3.05, 3.63) is 65.1 Å². The van der Waals surface area contributed by atoms with Crippen molar-refractivity contribution >= 4 is 27.0 Å². The number of likely N-dealkylation sites (N-methyl/N-ethyl adjacent to an activating group) is 1. The Bertz CT molecular complexity index is 1150. The lowest BCUT2D eigenvalue weighted by atomic mass is 10.3. The Labute approximate surface area is 163 Å². The summed E-state index contributed by atoms with van der Waals surface area (Å²) in [5.41, 5.74) is -0.153. The summed E-state index contributed by atoms with van der Waals surface area (Å²) in [6.07, 6.45) is 0. The Kier molecular flexibility index (Phi) is 5.66. The van der Waals surface area contributed by atoms with Gasteiger partial charge in [-0.2, -0.15) is 3.97 Å². The van der Waals surface area contributed by atoms with Gasteiger partial charge in [-0.25, -0.2) is 13.2 Å². The Morgan fingerprint density at radius 1 is 1.00 bits per heavy atom. The number of para-hydroxylation sites is 2. The molecule has 8 nitrogen and oxygen atoms in total. The predicted octanol–water partition coefficient (Wildman–Crippen LogP) is 0.718. The van der Waals surface area contributed by atoms with Gasteiger partial charge in [0.2, 0.25) is 5.91 Å². The molecule has 148 valence electrons. The molecule has 1 amide bonds. The molecule has 0 aliphatic rings. The number of amides is 1. The topological polar surface area (TPSA) is 93.4 Å². The third-order valence-corrected chi connectivity index (χ3v) is 5.96. The minimum atomic E-state index is -4.09. The summed E-state index contributed by atoms with van der Waals surface area (Å²) >= 11 is 0. The number of nitrogens with zero attached hydrogens (tertiary/aromatic N) is 3. The molecule has 1 N–H and O–H groups in total. The van der Waals surface area contributed by atoms with E-state index in [1.807, 2.05) is 19.0 Å². The largest absolute Gasteiger partial charge is 0.353 e. The number of fused-ring (bicyclic) bond motifs is 1. The highest BCUT2D eigenvalue weighted by molar-refractivity contribution is 7.90. The van der Waals surface area contributed by atoms with Gasteiger partial charge in [0, 0.05) is 13.1 Å². The molecule has 28 heavy (non-hydrogen) atoms. The third kappa shape index (κ3) is 3.85. The van der Waals surface area contributed by atoms with Gasteiger partial charge in [-0.05, 0) is 38.4 Å². The zero-order chi connectivity index (χ0) is 20.3. The van der Waals surface area contributed by atoms with E-state index < -0.39 is 15.7 Å². The van der Waals surface area contributed by atoms with Gasteiger partial charge in [0.1, 0.15) is 6.54 Å². The second-order valence-electron chi connectivity index (χ2n) is 6.59. The minimum absolute atomic E-state index is 0.00966. The molecule has 9 heteroatoms. The smallest absolute Gasteiger partial charge is 0.343 e. The SMILES string of the molecule is CN(C)CCNC(=O)Cn1c(=O)n(S(=O)(=O)c2ccccc2)c2ccccc21. The predicted molar refractivity (Wildman–Crippen MR) is 107 cm³/mol. The molecule has 1 heterocycles. The lowest BCUT2D eigenvalue weighted by Crippen LogP contribution is -2.37. The van der Waals surface area contributed by atoms with Crippen LogP contribution in [0.15, 0.2) is 64.3 Å². The van der Waals surface area contributed by atoms with Crippen LogP contribution in [0.3, 0.4) is 0 Å². The molecule has 0 aliphatic heterocycles. The van der Waals surface area contributed by atoms with E-state index in [1.165, 1.54) is 16.7 Å². The first-order valence-electron chi connectivity index (χ1n) is 8.74. The molecular formula is C19H22N4O4S. The van der Waals surface area contributed by atoms with Gasteiger partial charge < -0.3 is 10.2 Å². The van der Waals surface area contributed by atoms with E-state index in [1.54, 1.807) is 42.5 Å². The van der Waals surface area contributed by atoms with Crippen LogP contribution in [0.25, 0.3) is 11.0 Å². The standard InChI is InChI=1S/C19H22N4O4S/c1-21(2)13-12-20-18(24)14-22-16-10-6-7-11-17(16)23(19(22)25)28(26,27)15-8-4-3-5-9-15/h3-11H,12-14H2,1-2H3,(H,20,24). The fourth-order valence-electron chi connectivity index (χ4n) is 2.88. The van der Waals surface area contributed by atoms with Crippen LogP contribution >= 0.6 is 0 Å². The maximum Gasteiger partial charge on any atom is 0.343 e. The molecule has 0 saturated heterocycles. The van der Waals surface area contributed by atoms with Gasteiger partial charge in [-0.1, -0.05) is 30.3 Å². The van der Waals surface area contributed by atoms with E-state index in [9.17, 15) is 18.0 Å². The van der Waals surface area contributed by atoms with Gasteiger partial charge in [0.05, 0.1) is 15.9 Å². The second-order valence-corrected chi connectivity index (χ2v) is 8.38. The van der Waals surface area contributed by atoms with Crippen molar-refractivity contribution in [2.75, 3.05) is 27.2 Å². The van der Waals surface area contributed by atoms with E-state index in [0.29, 0.717) is 18.6 Å². The van der Waals surface area contributed by atoms with Crippen LogP contribution in [0.4, 0.5) is 0 Å². The number of imidazole rings is 1. The van der Waals surface area contributed by atoms with Gasteiger partial charge in [-0.15, -0.1) is 0 Å². The maximum absolute atomic E-state index is 13.1. The number of hydrogen-bond donors (Lipinski definition) is 1. The molecular weight excluding hydrogens is 380 g/mol. The first-order chi connectivity index (χ1) is 13.3. The Balaban J connectivity index is 2.04. The van der Waals surface area contributed by atoms with Crippen LogP contribution in [0, 0.1) is 0 Å². The number of carbonyl (C=O) groups is 1. The zero-order valence-electron chi connectivity index (χ0n) is 15.7. The van der Waals surface area contributed by atoms with E-state index in [-0.39, 0.29) is 22.9 Å². The van der Waals surface area contributed by atoms with Crippen LogP contribution in [0.1, 0.15) is 0 Å². The Hall–Kier alpha value is -2.91. The molecule has 0 spiro atoms. The quantitative estimate of drug-likeness (QED) is 0.629. The highest BCUT2D eigenvalue weighted by atomic mass is 32.2. The average Bonchev–Trinajstić information content (AvgIpc) is 2.94. The van der Waals surface area contributed by atoms with Crippen molar-refractivity contribution in [3.8, 4) is 0 Å². The van der Waals surface area contributed by atoms with E-state index in [4.69, 9.17) is 0 Å². The number of rotatable bonds is 7. The van der Waals surface area contributed by atoms with E-state index in [2.05, 4.69) is 5.32 Å². The lowest BCUT2D eigenvalue weighted by molar-refractivity contribution is -0.121. The first kappa shape index (κ1) is 19.8. The van der Waals surface area contributed by atoms with Gasteiger partial charge in [0.25, 0.3) is 10.0 Å². The summed E-state index contributed by atoms with van der Waals surface area (Å²) in [5, 5.41) is 2.74. The van der Waals surface area contributed by atoms with Gasteiger partial charge in [0.15, 0.2) is 0 Å². The lowest BCUT2D eigenvalue weighted by Gasteiger charge is -2.10. The van der Waals surface area contributed by atoms with Crippen molar-refractivity contribution in [2.24, 2.45) is 0 Å². The Morgan fingerprint density at radius 3 is 2.25 bits per heavy atom. The first-order valence-corrected chi connectivity index (χ1v) is 10.2. The van der Waals surface area contributed by atoms with Gasteiger partial charge >= 0.3 is 5.69 Å². The highest BCUT2D eigenvalue weighted by Crippen LogP contribution is 2.19. The summed E-state index contributed by atoms with van der Waals surface area (Å²) < 4.78 is 28.1. The third-order valence-electron chi connectivity index (χ3n) is 4.26. The van der Waals surface area contributed by atoms with Crippen LogP contribution in [-0.4, -0.2) is 54.9 Å². The molecule has 0 fully saturated rings. The summed E-state index contributed by atoms with van der Waals surface area (Å²) in [6, 6.07) is 14.3. The van der Waals surface area contributed by atoms with Crippen LogP contribution in [-0.2, 0) is 21.4 Å². The van der Waals surface area contributed by atoms with Crippen molar-refractivity contribution in [1.29, 1.82) is 0 Å². The highest BCUT2D eigenvalue weighted by Gasteiger charge is 2.25. The molecule has 0 aliphatic carbocycles. The van der Waals surface area contributed by atoms with Crippen molar-refractivity contribution in [2.45, 2.75) is 11.4 Å². The molecule has 0 unspecified atom stereocenters. The fraction of sp³-hybridized carbons (Fsp3) is 0.263. The number of hydrogen-bond acceptors (Lipinski definition) is 5.